The normalized spacial score (nSPS) is 19.0. The highest BCUT2D eigenvalue weighted by Gasteiger charge is 2.40. The molecule has 7 heteroatoms. The molecule has 0 saturated carbocycles. The molecule has 2 heterocycles. The first-order chi connectivity index (χ1) is 15.9. The van der Waals surface area contributed by atoms with Gasteiger partial charge in [0.05, 0.1) is 12.6 Å². The zero-order valence-electron chi connectivity index (χ0n) is 18.9. The minimum Gasteiger partial charge on any atom is -0.343 e. The summed E-state index contributed by atoms with van der Waals surface area (Å²) in [6.45, 7) is 4.15. The summed E-state index contributed by atoms with van der Waals surface area (Å²) in [5, 5.41) is 7.12. The summed E-state index contributed by atoms with van der Waals surface area (Å²) in [6.07, 6.45) is 2.00. The van der Waals surface area contributed by atoms with Gasteiger partial charge in [-0.05, 0) is 28.7 Å². The molecule has 0 spiro atoms. The van der Waals surface area contributed by atoms with Crippen LogP contribution in [0.25, 0.3) is 0 Å². The minimum absolute atomic E-state index is 0.00945. The van der Waals surface area contributed by atoms with Gasteiger partial charge >= 0.3 is 0 Å². The largest absolute Gasteiger partial charge is 0.343 e. The van der Waals surface area contributed by atoms with E-state index in [1.54, 1.807) is 18.5 Å². The van der Waals surface area contributed by atoms with Crippen molar-refractivity contribution in [1.82, 2.24) is 20.0 Å². The quantitative estimate of drug-likeness (QED) is 0.597. The van der Waals surface area contributed by atoms with Gasteiger partial charge in [0.25, 0.3) is 0 Å². The first kappa shape index (κ1) is 22.7. The second kappa shape index (κ2) is 9.98. The van der Waals surface area contributed by atoms with Gasteiger partial charge in [0.15, 0.2) is 0 Å². The first-order valence-electron chi connectivity index (χ1n) is 11.3. The third-order valence-corrected chi connectivity index (χ3v) is 6.09. The zero-order chi connectivity index (χ0) is 23.4. The van der Waals surface area contributed by atoms with Crippen molar-refractivity contribution in [2.24, 2.45) is 0 Å². The van der Waals surface area contributed by atoms with E-state index in [0.717, 1.165) is 11.1 Å². The van der Waals surface area contributed by atoms with E-state index in [4.69, 9.17) is 0 Å². The molecule has 3 atom stereocenters. The molecule has 1 aromatic heterocycles. The molecule has 172 valence electrons. The van der Waals surface area contributed by atoms with Crippen LogP contribution in [0.3, 0.4) is 0 Å². The van der Waals surface area contributed by atoms with Crippen LogP contribution >= 0.6 is 0 Å². The van der Waals surface area contributed by atoms with E-state index in [1.807, 2.05) is 42.5 Å². The van der Waals surface area contributed by atoms with Crippen LogP contribution in [0.5, 0.6) is 0 Å². The molecule has 1 saturated heterocycles. The van der Waals surface area contributed by atoms with Crippen molar-refractivity contribution in [2.45, 2.75) is 51.0 Å². The highest BCUT2D eigenvalue weighted by atomic mass is 19.1. The van der Waals surface area contributed by atoms with E-state index in [2.05, 4.69) is 36.4 Å². The molecule has 33 heavy (non-hydrogen) atoms. The van der Waals surface area contributed by atoms with Gasteiger partial charge in [-0.1, -0.05) is 68.4 Å². The second-order valence-corrected chi connectivity index (χ2v) is 8.77. The van der Waals surface area contributed by atoms with Gasteiger partial charge in [0.1, 0.15) is 18.8 Å². The number of alkyl halides is 1. The van der Waals surface area contributed by atoms with Crippen LogP contribution in [0, 0.1) is 0 Å². The lowest BCUT2D eigenvalue weighted by Crippen LogP contribution is -2.48. The Balaban J connectivity index is 1.56. The summed E-state index contributed by atoms with van der Waals surface area (Å²) < 4.78 is 15.8. The van der Waals surface area contributed by atoms with Gasteiger partial charge in [-0.15, -0.1) is 0 Å². The predicted molar refractivity (Wildman–Crippen MR) is 124 cm³/mol. The lowest BCUT2D eigenvalue weighted by atomic mass is 9.95. The number of nitrogens with one attached hydrogen (secondary N) is 1. The molecule has 4 rings (SSSR count). The zero-order valence-corrected chi connectivity index (χ0v) is 18.9. The topological polar surface area (TPSA) is 67.2 Å². The molecule has 0 unspecified atom stereocenters. The van der Waals surface area contributed by atoms with Crippen molar-refractivity contribution in [3.8, 4) is 0 Å². The number of amides is 2. The molecule has 1 aliphatic heterocycles. The van der Waals surface area contributed by atoms with Crippen LogP contribution in [-0.2, 0) is 16.1 Å². The Morgan fingerprint density at radius 2 is 1.70 bits per heavy atom. The summed E-state index contributed by atoms with van der Waals surface area (Å²) in [7, 11) is 0. The number of halogens is 1. The maximum Gasteiger partial charge on any atom is 0.245 e. The summed E-state index contributed by atoms with van der Waals surface area (Å²) in [5.41, 5.74) is 3.07. The van der Waals surface area contributed by atoms with Crippen LogP contribution in [0.15, 0.2) is 73.1 Å². The molecular weight excluding hydrogens is 419 g/mol. The fourth-order valence-corrected chi connectivity index (χ4v) is 4.25. The monoisotopic (exact) mass is 448 g/mol. The highest BCUT2D eigenvalue weighted by Crippen LogP contribution is 2.27. The molecular formula is C26H29FN4O2. The number of rotatable bonds is 7. The summed E-state index contributed by atoms with van der Waals surface area (Å²) in [5.74, 6) is -0.277. The van der Waals surface area contributed by atoms with E-state index in [9.17, 15) is 14.0 Å². The highest BCUT2D eigenvalue weighted by molar-refractivity contribution is 5.88. The fraction of sp³-hybridized carbons (Fsp3) is 0.346. The second-order valence-electron chi connectivity index (χ2n) is 8.77. The van der Waals surface area contributed by atoms with Crippen molar-refractivity contribution in [3.05, 3.63) is 89.7 Å². The van der Waals surface area contributed by atoms with Crippen LogP contribution in [0.4, 0.5) is 4.39 Å². The molecule has 1 aliphatic rings. The van der Waals surface area contributed by atoms with Gasteiger partial charge in [-0.2, -0.15) is 5.10 Å². The number of carbonyl (C=O) groups is 2. The Morgan fingerprint density at radius 1 is 1.03 bits per heavy atom. The van der Waals surface area contributed by atoms with Crippen LogP contribution in [0.2, 0.25) is 0 Å². The third kappa shape index (κ3) is 5.30. The maximum atomic E-state index is 14.3. The number of benzene rings is 2. The summed E-state index contributed by atoms with van der Waals surface area (Å²) in [4.78, 5) is 27.5. The Morgan fingerprint density at radius 3 is 2.33 bits per heavy atom. The Kier molecular flexibility index (Phi) is 6.87. The van der Waals surface area contributed by atoms with E-state index in [0.29, 0.717) is 5.92 Å². The Bertz CT molecular complexity index is 1070. The molecule has 0 radical (unpaired) electrons. The van der Waals surface area contributed by atoms with Crippen molar-refractivity contribution in [2.75, 3.05) is 6.54 Å². The van der Waals surface area contributed by atoms with Gasteiger partial charge in [-0.25, -0.2) is 4.39 Å². The maximum absolute atomic E-state index is 14.3. The molecule has 0 aliphatic carbocycles. The smallest absolute Gasteiger partial charge is 0.245 e. The van der Waals surface area contributed by atoms with E-state index >= 15 is 0 Å². The SMILES string of the molecule is CC(C)c1ccc([C@@H](NC(=O)[C@@H]2C[C@@H](F)CN2C(=O)Cn2cccn2)c2ccccc2)cc1. The number of carbonyl (C=O) groups excluding carboxylic acids is 2. The minimum atomic E-state index is -1.23. The molecule has 1 fully saturated rings. The van der Waals surface area contributed by atoms with Gasteiger partial charge < -0.3 is 10.2 Å². The number of hydrogen-bond acceptors (Lipinski definition) is 3. The van der Waals surface area contributed by atoms with E-state index in [-0.39, 0.29) is 31.3 Å². The third-order valence-electron chi connectivity index (χ3n) is 6.09. The number of aromatic nitrogens is 2. The molecule has 2 aromatic carbocycles. The fourth-order valence-electron chi connectivity index (χ4n) is 4.25. The van der Waals surface area contributed by atoms with Crippen LogP contribution in [0.1, 0.15) is 48.9 Å². The molecule has 3 aromatic rings. The van der Waals surface area contributed by atoms with E-state index < -0.39 is 18.3 Å². The molecule has 1 N–H and O–H groups in total. The molecule has 0 bridgehead atoms. The van der Waals surface area contributed by atoms with Gasteiger partial charge in [0.2, 0.25) is 11.8 Å². The van der Waals surface area contributed by atoms with Gasteiger partial charge in [-0.3, -0.25) is 14.3 Å². The lowest BCUT2D eigenvalue weighted by Gasteiger charge is -2.27. The van der Waals surface area contributed by atoms with E-state index in [1.165, 1.54) is 15.1 Å². The molecule has 2 amide bonds. The predicted octanol–water partition coefficient (Wildman–Crippen LogP) is 3.85. The van der Waals surface area contributed by atoms with Crippen molar-refractivity contribution >= 4 is 11.8 Å². The van der Waals surface area contributed by atoms with Crippen LogP contribution in [-0.4, -0.2) is 45.3 Å². The first-order valence-corrected chi connectivity index (χ1v) is 11.3. The van der Waals surface area contributed by atoms with Gasteiger partial charge in [0, 0.05) is 18.8 Å². The van der Waals surface area contributed by atoms with Crippen molar-refractivity contribution in [1.29, 1.82) is 0 Å². The molecule has 6 nitrogen and oxygen atoms in total. The number of hydrogen-bond donors (Lipinski definition) is 1. The Hall–Kier alpha value is -3.48. The van der Waals surface area contributed by atoms with Crippen LogP contribution < -0.4 is 5.32 Å². The Labute approximate surface area is 193 Å². The lowest BCUT2D eigenvalue weighted by molar-refractivity contribution is -0.139. The standard InChI is InChI=1S/C26H29FN4O2/c1-18(2)19-9-11-21(12-10-19)25(20-7-4-3-5-8-20)29-26(33)23-15-22(27)16-31(23)24(32)17-30-14-6-13-28-30/h3-14,18,22-23,25H,15-17H2,1-2H3,(H,29,33)/t22-,23+,25+/m1/s1. The number of nitrogens with zero attached hydrogens (tertiary/aromatic N) is 3. The summed E-state index contributed by atoms with van der Waals surface area (Å²) in [6, 6.07) is 18.3. The average Bonchev–Trinajstić information content (AvgIpc) is 3.47. The van der Waals surface area contributed by atoms with Crippen molar-refractivity contribution < 1.29 is 14.0 Å². The summed E-state index contributed by atoms with van der Waals surface area (Å²) >= 11 is 0. The number of likely N-dealkylation sites (tertiary alicyclic amines) is 1. The van der Waals surface area contributed by atoms with Crippen molar-refractivity contribution in [3.63, 3.8) is 0 Å². The average molecular weight is 449 g/mol.